The lowest BCUT2D eigenvalue weighted by molar-refractivity contribution is 0.672. The predicted octanol–water partition coefficient (Wildman–Crippen LogP) is 7.64. The summed E-state index contributed by atoms with van der Waals surface area (Å²) in [5.41, 5.74) is 9.89. The maximum atomic E-state index is 3.84. The van der Waals surface area contributed by atoms with Crippen LogP contribution in [-0.2, 0) is 0 Å². The summed E-state index contributed by atoms with van der Waals surface area (Å²) in [7, 11) is 0. The summed E-state index contributed by atoms with van der Waals surface area (Å²) in [5.74, 6) is 1.26. The molecule has 0 saturated carbocycles. The average Bonchev–Trinajstić information content (AvgIpc) is 3.20. The maximum Gasteiger partial charge on any atom is 0.0810 e. The van der Waals surface area contributed by atoms with Crippen molar-refractivity contribution in [3.05, 3.63) is 155 Å². The minimum Gasteiger partial charge on any atom is -0.385 e. The van der Waals surface area contributed by atoms with Crippen LogP contribution in [0.15, 0.2) is 127 Å². The Kier molecular flexibility index (Phi) is 5.95. The normalized spacial score (nSPS) is 14.3. The Morgan fingerprint density at radius 3 is 1.21 bits per heavy atom. The van der Waals surface area contributed by atoms with Crippen LogP contribution in [0.4, 0.5) is 0 Å². The molecule has 4 aromatic rings. The molecule has 5 rings (SSSR count). The van der Waals surface area contributed by atoms with E-state index in [0.717, 1.165) is 0 Å². The standard InChI is InChI=1S/C32H28N/c1-23(2)33-32-30(26-19-11-5-12-20-26)28(24-15-7-3-8-16-24)29(25-17-9-4-10-18-25)31(32)27-21-13-6-14-22-27/h3-23,33H,1-2H3. The molecular formula is C32H28N. The Morgan fingerprint density at radius 1 is 0.424 bits per heavy atom. The third-order valence-electron chi connectivity index (χ3n) is 5.93. The largest absolute Gasteiger partial charge is 0.385 e. The highest BCUT2D eigenvalue weighted by atomic mass is 14.9. The van der Waals surface area contributed by atoms with Gasteiger partial charge in [0.05, 0.1) is 5.92 Å². The molecule has 33 heavy (non-hydrogen) atoms. The SMILES string of the molecule is CC(C)NC1=C(c2ccccc2)C(c2ccccc2)=C(c2ccccc2)[C]1c1ccccc1. The molecule has 1 heteroatoms. The third kappa shape index (κ3) is 4.15. The zero-order valence-electron chi connectivity index (χ0n) is 19.1. The van der Waals surface area contributed by atoms with Gasteiger partial charge in [-0.3, -0.25) is 0 Å². The topological polar surface area (TPSA) is 12.0 Å². The van der Waals surface area contributed by atoms with Crippen LogP contribution >= 0.6 is 0 Å². The minimum absolute atomic E-state index is 0.296. The van der Waals surface area contributed by atoms with E-state index in [4.69, 9.17) is 0 Å². The molecule has 0 aromatic heterocycles. The fraction of sp³-hybridized carbons (Fsp3) is 0.0938. The van der Waals surface area contributed by atoms with Gasteiger partial charge in [-0.25, -0.2) is 0 Å². The first-order valence-electron chi connectivity index (χ1n) is 11.6. The van der Waals surface area contributed by atoms with Gasteiger partial charge in [0, 0.05) is 17.3 Å². The van der Waals surface area contributed by atoms with Gasteiger partial charge in [0.2, 0.25) is 0 Å². The molecule has 0 atom stereocenters. The van der Waals surface area contributed by atoms with Crippen LogP contribution in [0.25, 0.3) is 16.7 Å². The second-order valence-electron chi connectivity index (χ2n) is 8.64. The number of nitrogens with one attached hydrogen (secondary N) is 1. The van der Waals surface area contributed by atoms with Crippen molar-refractivity contribution in [3.63, 3.8) is 0 Å². The zero-order valence-corrected chi connectivity index (χ0v) is 19.1. The van der Waals surface area contributed by atoms with Crippen LogP contribution in [0.3, 0.4) is 0 Å². The summed E-state index contributed by atoms with van der Waals surface area (Å²) >= 11 is 0. The van der Waals surface area contributed by atoms with E-state index in [1.54, 1.807) is 0 Å². The van der Waals surface area contributed by atoms with Crippen molar-refractivity contribution in [2.24, 2.45) is 0 Å². The molecule has 0 aliphatic heterocycles. The van der Waals surface area contributed by atoms with Crippen LogP contribution in [0.5, 0.6) is 0 Å². The predicted molar refractivity (Wildman–Crippen MR) is 140 cm³/mol. The monoisotopic (exact) mass is 426 g/mol. The van der Waals surface area contributed by atoms with Crippen LogP contribution in [0.1, 0.15) is 36.1 Å². The number of hydrogen-bond donors (Lipinski definition) is 1. The van der Waals surface area contributed by atoms with E-state index in [2.05, 4.69) is 140 Å². The van der Waals surface area contributed by atoms with Crippen molar-refractivity contribution in [1.29, 1.82) is 0 Å². The number of allylic oxidation sites excluding steroid dienone is 3. The van der Waals surface area contributed by atoms with E-state index in [1.807, 2.05) is 0 Å². The van der Waals surface area contributed by atoms with Crippen molar-refractivity contribution in [1.82, 2.24) is 5.32 Å². The van der Waals surface area contributed by atoms with Gasteiger partial charge in [-0.2, -0.15) is 0 Å². The third-order valence-corrected chi connectivity index (χ3v) is 5.93. The summed E-state index contributed by atoms with van der Waals surface area (Å²) in [6.45, 7) is 4.42. The van der Waals surface area contributed by atoms with Gasteiger partial charge >= 0.3 is 0 Å². The molecule has 0 unspecified atom stereocenters. The van der Waals surface area contributed by atoms with E-state index < -0.39 is 0 Å². The Morgan fingerprint density at radius 2 is 0.788 bits per heavy atom. The second kappa shape index (κ2) is 9.34. The van der Waals surface area contributed by atoms with Crippen molar-refractivity contribution in [2.45, 2.75) is 19.9 Å². The first kappa shape index (κ1) is 21.0. The van der Waals surface area contributed by atoms with Crippen molar-refractivity contribution in [2.75, 3.05) is 0 Å². The van der Waals surface area contributed by atoms with E-state index in [-0.39, 0.29) is 0 Å². The molecule has 1 radical (unpaired) electrons. The van der Waals surface area contributed by atoms with Gasteiger partial charge in [0.1, 0.15) is 0 Å². The molecule has 0 saturated heterocycles. The van der Waals surface area contributed by atoms with E-state index in [9.17, 15) is 0 Å². The number of benzene rings is 4. The lowest BCUT2D eigenvalue weighted by atomic mass is 9.85. The molecule has 1 aliphatic rings. The smallest absolute Gasteiger partial charge is 0.0810 e. The Labute approximate surface area is 197 Å². The maximum absolute atomic E-state index is 3.84. The fourth-order valence-electron chi connectivity index (χ4n) is 4.63. The lowest BCUT2D eigenvalue weighted by Crippen LogP contribution is -2.26. The molecule has 1 N–H and O–H groups in total. The summed E-state index contributed by atoms with van der Waals surface area (Å²) in [4.78, 5) is 0. The highest BCUT2D eigenvalue weighted by Gasteiger charge is 2.37. The molecule has 4 aromatic carbocycles. The van der Waals surface area contributed by atoms with Crippen molar-refractivity contribution >= 4 is 16.7 Å². The summed E-state index contributed by atoms with van der Waals surface area (Å²) in [5, 5.41) is 3.84. The van der Waals surface area contributed by atoms with E-state index >= 15 is 0 Å². The summed E-state index contributed by atoms with van der Waals surface area (Å²) in [6.07, 6.45) is 0. The van der Waals surface area contributed by atoms with E-state index in [1.165, 1.54) is 50.6 Å². The zero-order chi connectivity index (χ0) is 22.6. The van der Waals surface area contributed by atoms with Gasteiger partial charge in [0.15, 0.2) is 0 Å². The van der Waals surface area contributed by atoms with Crippen LogP contribution in [0.2, 0.25) is 0 Å². The molecular weight excluding hydrogens is 398 g/mol. The molecule has 0 fully saturated rings. The van der Waals surface area contributed by atoms with Crippen LogP contribution in [0, 0.1) is 5.92 Å². The molecule has 0 amide bonds. The van der Waals surface area contributed by atoms with Gasteiger partial charge in [0.25, 0.3) is 0 Å². The molecule has 1 aliphatic carbocycles. The van der Waals surface area contributed by atoms with Gasteiger partial charge in [-0.1, -0.05) is 121 Å². The first-order valence-corrected chi connectivity index (χ1v) is 11.6. The average molecular weight is 427 g/mol. The van der Waals surface area contributed by atoms with Gasteiger partial charge in [-0.15, -0.1) is 0 Å². The van der Waals surface area contributed by atoms with E-state index in [0.29, 0.717) is 6.04 Å². The van der Waals surface area contributed by atoms with Crippen molar-refractivity contribution < 1.29 is 0 Å². The Balaban J connectivity index is 1.89. The summed E-state index contributed by atoms with van der Waals surface area (Å²) in [6, 6.07) is 43.4. The van der Waals surface area contributed by atoms with Crippen molar-refractivity contribution in [3.8, 4) is 0 Å². The highest BCUT2D eigenvalue weighted by molar-refractivity contribution is 6.24. The molecule has 0 bridgehead atoms. The Bertz CT molecular complexity index is 1270. The number of rotatable bonds is 6. The second-order valence-corrected chi connectivity index (χ2v) is 8.64. The molecule has 1 nitrogen and oxygen atoms in total. The quantitative estimate of drug-likeness (QED) is 0.334. The molecule has 161 valence electrons. The number of hydrogen-bond acceptors (Lipinski definition) is 1. The Hall–Kier alpha value is -3.84. The first-order chi connectivity index (χ1) is 16.2. The van der Waals surface area contributed by atoms with Crippen LogP contribution < -0.4 is 5.32 Å². The van der Waals surface area contributed by atoms with Gasteiger partial charge < -0.3 is 5.32 Å². The van der Waals surface area contributed by atoms with Crippen LogP contribution in [-0.4, -0.2) is 6.04 Å². The lowest BCUT2D eigenvalue weighted by Gasteiger charge is -2.23. The molecule has 0 heterocycles. The van der Waals surface area contributed by atoms with Gasteiger partial charge in [-0.05, 0) is 47.2 Å². The molecule has 0 spiro atoms. The minimum atomic E-state index is 0.296. The summed E-state index contributed by atoms with van der Waals surface area (Å²) < 4.78 is 0. The fourth-order valence-corrected chi connectivity index (χ4v) is 4.63. The highest BCUT2D eigenvalue weighted by Crippen LogP contribution is 2.54.